The number of rotatable bonds is 6. The van der Waals surface area contributed by atoms with Gasteiger partial charge in [0.25, 0.3) is 0 Å². The third kappa shape index (κ3) is 3.44. The van der Waals surface area contributed by atoms with Gasteiger partial charge in [-0.15, -0.1) is 0 Å². The van der Waals surface area contributed by atoms with Crippen molar-refractivity contribution in [1.29, 1.82) is 0 Å². The van der Waals surface area contributed by atoms with Crippen LogP contribution in [0.4, 0.5) is 0 Å². The Balaban J connectivity index is 1.79. The van der Waals surface area contributed by atoms with Crippen LogP contribution in [-0.4, -0.2) is 43.1 Å². The third-order valence-corrected chi connectivity index (χ3v) is 5.65. The van der Waals surface area contributed by atoms with Gasteiger partial charge in [0.1, 0.15) is 11.5 Å². The zero-order valence-corrected chi connectivity index (χ0v) is 16.4. The number of nitrogens with zero attached hydrogens (tertiary/aromatic N) is 1. The van der Waals surface area contributed by atoms with E-state index in [0.29, 0.717) is 6.42 Å². The molecule has 1 N–H and O–H groups in total. The molecule has 146 valence electrons. The highest BCUT2D eigenvalue weighted by molar-refractivity contribution is 5.87. The summed E-state index contributed by atoms with van der Waals surface area (Å²) in [4.78, 5) is 18.4. The molecule has 5 nitrogen and oxygen atoms in total. The quantitative estimate of drug-likeness (QED) is 0.695. The van der Waals surface area contributed by atoms with Gasteiger partial charge in [0.2, 0.25) is 5.91 Å². The summed E-state index contributed by atoms with van der Waals surface area (Å²) in [6.07, 6.45) is 4.62. The van der Waals surface area contributed by atoms with Crippen LogP contribution in [0.15, 0.2) is 48.7 Å². The number of nitrogens with one attached hydrogen (secondary N) is 1. The smallest absolute Gasteiger partial charge is 0.223 e. The van der Waals surface area contributed by atoms with Gasteiger partial charge in [0, 0.05) is 48.1 Å². The lowest BCUT2D eigenvalue weighted by atomic mass is 9.87. The van der Waals surface area contributed by atoms with Gasteiger partial charge in [-0.1, -0.05) is 18.2 Å². The van der Waals surface area contributed by atoms with Crippen LogP contribution in [0.3, 0.4) is 0 Å². The molecule has 2 heterocycles. The predicted molar refractivity (Wildman–Crippen MR) is 110 cm³/mol. The molecule has 28 heavy (non-hydrogen) atoms. The summed E-state index contributed by atoms with van der Waals surface area (Å²) >= 11 is 0. The van der Waals surface area contributed by atoms with Crippen LogP contribution in [0.1, 0.15) is 36.3 Å². The number of hydrogen-bond acceptors (Lipinski definition) is 3. The highest BCUT2D eigenvalue weighted by atomic mass is 16.5. The predicted octanol–water partition coefficient (Wildman–Crippen LogP) is 4.33. The van der Waals surface area contributed by atoms with E-state index in [-0.39, 0.29) is 11.8 Å². The fourth-order valence-corrected chi connectivity index (χ4v) is 4.15. The Bertz CT molecular complexity index is 973. The van der Waals surface area contributed by atoms with Crippen molar-refractivity contribution in [2.45, 2.75) is 25.2 Å². The molecule has 1 amide bonds. The summed E-state index contributed by atoms with van der Waals surface area (Å²) in [7, 11) is 3.35. The number of ether oxygens (including phenoxy) is 2. The SMILES string of the molecule is COc1ccc2[nH]cc([C@H](CC(=O)N3CCCC3)c3ccccc3OC)c2c1. The number of benzene rings is 2. The lowest BCUT2D eigenvalue weighted by molar-refractivity contribution is -0.130. The average Bonchev–Trinajstić information content (AvgIpc) is 3.41. The second-order valence-electron chi connectivity index (χ2n) is 7.24. The van der Waals surface area contributed by atoms with Crippen LogP contribution in [0.25, 0.3) is 10.9 Å². The van der Waals surface area contributed by atoms with Crippen LogP contribution in [0, 0.1) is 0 Å². The van der Waals surface area contributed by atoms with Crippen LogP contribution >= 0.6 is 0 Å². The van der Waals surface area contributed by atoms with Crippen LogP contribution < -0.4 is 9.47 Å². The van der Waals surface area contributed by atoms with Gasteiger partial charge in [0.05, 0.1) is 14.2 Å². The molecule has 1 aliphatic heterocycles. The van der Waals surface area contributed by atoms with E-state index in [4.69, 9.17) is 9.47 Å². The number of fused-ring (bicyclic) bond motifs is 1. The summed E-state index contributed by atoms with van der Waals surface area (Å²) in [5, 5.41) is 1.07. The fraction of sp³-hybridized carbons (Fsp3) is 0.348. The maximum atomic E-state index is 13.0. The molecule has 0 saturated carbocycles. The monoisotopic (exact) mass is 378 g/mol. The Labute approximate surface area is 165 Å². The fourth-order valence-electron chi connectivity index (χ4n) is 4.15. The van der Waals surface area contributed by atoms with Crippen LogP contribution in [0.5, 0.6) is 11.5 Å². The first-order valence-electron chi connectivity index (χ1n) is 9.77. The van der Waals surface area contributed by atoms with E-state index in [1.165, 1.54) is 0 Å². The highest BCUT2D eigenvalue weighted by Gasteiger charge is 2.27. The van der Waals surface area contributed by atoms with E-state index in [9.17, 15) is 4.79 Å². The van der Waals surface area contributed by atoms with Gasteiger partial charge in [-0.05, 0) is 42.7 Å². The first-order chi connectivity index (χ1) is 13.7. The van der Waals surface area contributed by atoms with Gasteiger partial charge in [-0.3, -0.25) is 4.79 Å². The summed E-state index contributed by atoms with van der Waals surface area (Å²) in [5.41, 5.74) is 3.15. The molecule has 0 spiro atoms. The van der Waals surface area contributed by atoms with E-state index in [1.807, 2.05) is 47.5 Å². The van der Waals surface area contributed by atoms with Gasteiger partial charge in [-0.25, -0.2) is 0 Å². The Kier molecular flexibility index (Phi) is 5.24. The van der Waals surface area contributed by atoms with E-state index in [0.717, 1.165) is 59.5 Å². The van der Waals surface area contributed by atoms with E-state index in [2.05, 4.69) is 11.1 Å². The van der Waals surface area contributed by atoms with Gasteiger partial charge in [-0.2, -0.15) is 0 Å². The molecule has 0 radical (unpaired) electrons. The van der Waals surface area contributed by atoms with Crippen LogP contribution in [-0.2, 0) is 4.79 Å². The summed E-state index contributed by atoms with van der Waals surface area (Å²) in [6, 6.07) is 14.0. The zero-order valence-electron chi connectivity index (χ0n) is 16.4. The van der Waals surface area contributed by atoms with Crippen molar-refractivity contribution in [3.63, 3.8) is 0 Å². The van der Waals surface area contributed by atoms with Crippen molar-refractivity contribution >= 4 is 16.8 Å². The average molecular weight is 378 g/mol. The molecule has 1 aliphatic rings. The van der Waals surface area contributed by atoms with Crippen molar-refractivity contribution in [3.05, 3.63) is 59.8 Å². The normalized spacial score (nSPS) is 15.0. The zero-order chi connectivity index (χ0) is 19.5. The number of carbonyl (C=O) groups excluding carboxylic acids is 1. The lowest BCUT2D eigenvalue weighted by Gasteiger charge is -2.23. The molecule has 1 atom stereocenters. The molecule has 0 aliphatic carbocycles. The lowest BCUT2D eigenvalue weighted by Crippen LogP contribution is -2.29. The standard InChI is InChI=1S/C23H26N2O3/c1-27-16-9-10-21-19(13-16)20(15-24-21)18(14-23(26)25-11-5-6-12-25)17-7-3-4-8-22(17)28-2/h3-4,7-10,13,15,18,24H,5-6,11-12,14H2,1-2H3/t18-/m1/s1. The summed E-state index contributed by atoms with van der Waals surface area (Å²) in [5.74, 6) is 1.72. The maximum absolute atomic E-state index is 13.0. The number of para-hydroxylation sites is 1. The third-order valence-electron chi connectivity index (χ3n) is 5.65. The molecule has 1 aromatic heterocycles. The largest absolute Gasteiger partial charge is 0.497 e. The number of hydrogen-bond donors (Lipinski definition) is 1. The van der Waals surface area contributed by atoms with Gasteiger partial charge >= 0.3 is 0 Å². The Morgan fingerprint density at radius 3 is 2.61 bits per heavy atom. The van der Waals surface area contributed by atoms with Crippen molar-refractivity contribution in [3.8, 4) is 11.5 Å². The molecule has 5 heteroatoms. The highest BCUT2D eigenvalue weighted by Crippen LogP contribution is 2.39. The molecule has 3 aromatic rings. The van der Waals surface area contributed by atoms with E-state index in [1.54, 1.807) is 14.2 Å². The van der Waals surface area contributed by atoms with Crippen molar-refractivity contribution in [1.82, 2.24) is 9.88 Å². The Morgan fingerprint density at radius 2 is 1.86 bits per heavy atom. The first-order valence-corrected chi connectivity index (χ1v) is 9.77. The Morgan fingerprint density at radius 1 is 1.07 bits per heavy atom. The number of aromatic amines is 1. The van der Waals surface area contributed by atoms with Crippen molar-refractivity contribution in [2.24, 2.45) is 0 Å². The number of aromatic nitrogens is 1. The number of H-pyrrole nitrogens is 1. The second kappa shape index (κ2) is 7.97. The molecule has 2 aromatic carbocycles. The Hall–Kier alpha value is -2.95. The molecule has 1 saturated heterocycles. The molecular weight excluding hydrogens is 352 g/mol. The van der Waals surface area contributed by atoms with E-state index < -0.39 is 0 Å². The molecular formula is C23H26N2O3. The number of methoxy groups -OCH3 is 2. The van der Waals surface area contributed by atoms with E-state index >= 15 is 0 Å². The number of carbonyl (C=O) groups is 1. The molecule has 0 bridgehead atoms. The first kappa shape index (κ1) is 18.4. The van der Waals surface area contributed by atoms with Crippen LogP contribution in [0.2, 0.25) is 0 Å². The van der Waals surface area contributed by atoms with Gasteiger partial charge in [0.15, 0.2) is 0 Å². The molecule has 0 unspecified atom stereocenters. The maximum Gasteiger partial charge on any atom is 0.223 e. The molecule has 4 rings (SSSR count). The summed E-state index contributed by atoms with van der Waals surface area (Å²) < 4.78 is 11.1. The topological polar surface area (TPSA) is 54.6 Å². The molecule has 1 fully saturated rings. The minimum atomic E-state index is -0.0925. The second-order valence-corrected chi connectivity index (χ2v) is 7.24. The van der Waals surface area contributed by atoms with Crippen molar-refractivity contribution < 1.29 is 14.3 Å². The minimum Gasteiger partial charge on any atom is -0.497 e. The summed E-state index contributed by atoms with van der Waals surface area (Å²) in [6.45, 7) is 1.72. The number of likely N-dealkylation sites (tertiary alicyclic amines) is 1. The van der Waals surface area contributed by atoms with Crippen molar-refractivity contribution in [2.75, 3.05) is 27.3 Å². The van der Waals surface area contributed by atoms with Gasteiger partial charge < -0.3 is 19.4 Å². The number of amides is 1. The minimum absolute atomic E-state index is 0.0925.